The van der Waals surface area contributed by atoms with E-state index in [1.165, 1.54) is 6.07 Å². The second-order valence-electron chi connectivity index (χ2n) is 4.41. The van der Waals surface area contributed by atoms with Crippen LogP contribution in [0.1, 0.15) is 25.8 Å². The van der Waals surface area contributed by atoms with Gasteiger partial charge in [-0.1, -0.05) is 17.7 Å². The second-order valence-corrected chi connectivity index (χ2v) is 4.82. The Kier molecular flexibility index (Phi) is 4.71. The lowest BCUT2D eigenvalue weighted by Crippen LogP contribution is -2.39. The van der Waals surface area contributed by atoms with Gasteiger partial charge in [0.2, 0.25) is 0 Å². The van der Waals surface area contributed by atoms with E-state index in [4.69, 9.17) is 16.7 Å². The molecule has 0 radical (unpaired) electrons. The van der Waals surface area contributed by atoms with Gasteiger partial charge in [0.25, 0.3) is 0 Å². The Balaban J connectivity index is 2.68. The normalized spacial score (nSPS) is 11.8. The van der Waals surface area contributed by atoms with E-state index >= 15 is 0 Å². The molecule has 90 valence electrons. The van der Waals surface area contributed by atoms with Gasteiger partial charge in [0.1, 0.15) is 5.82 Å². The van der Waals surface area contributed by atoms with Gasteiger partial charge in [0.15, 0.2) is 0 Å². The molecule has 0 aliphatic heterocycles. The molecular formula is C12H17ClFNO. The molecule has 1 aromatic carbocycles. The molecule has 2 N–H and O–H groups in total. The Bertz CT molecular complexity index is 335. The highest BCUT2D eigenvalue weighted by atomic mass is 35.5. The van der Waals surface area contributed by atoms with Gasteiger partial charge < -0.3 is 10.4 Å². The molecule has 0 bridgehead atoms. The summed E-state index contributed by atoms with van der Waals surface area (Å²) in [5.41, 5.74) is 0.232. The summed E-state index contributed by atoms with van der Waals surface area (Å²) in [5.74, 6) is -0.306. The Labute approximate surface area is 100 Å². The smallest absolute Gasteiger partial charge is 0.129 e. The molecule has 0 amide bonds. The number of nitrogens with one attached hydrogen (secondary N) is 1. The third-order valence-electron chi connectivity index (χ3n) is 2.54. The maximum absolute atomic E-state index is 13.4. The molecule has 1 aromatic rings. The molecule has 0 spiro atoms. The van der Waals surface area contributed by atoms with Gasteiger partial charge in [0, 0.05) is 29.3 Å². The van der Waals surface area contributed by atoms with Gasteiger partial charge in [-0.3, -0.25) is 0 Å². The summed E-state index contributed by atoms with van der Waals surface area (Å²) in [6.07, 6.45) is 0.610. The Morgan fingerprint density at radius 3 is 2.69 bits per heavy atom. The molecule has 0 atom stereocenters. The van der Waals surface area contributed by atoms with Crippen LogP contribution in [-0.2, 0) is 6.54 Å². The zero-order chi connectivity index (χ0) is 12.2. The van der Waals surface area contributed by atoms with E-state index in [-0.39, 0.29) is 18.0 Å². The van der Waals surface area contributed by atoms with Crippen LogP contribution < -0.4 is 5.32 Å². The minimum absolute atomic E-state index is 0.102. The van der Waals surface area contributed by atoms with Crippen LogP contribution in [0.2, 0.25) is 5.02 Å². The van der Waals surface area contributed by atoms with E-state index < -0.39 is 0 Å². The minimum Gasteiger partial charge on any atom is -0.396 e. The summed E-state index contributed by atoms with van der Waals surface area (Å²) in [5, 5.41) is 12.5. The first kappa shape index (κ1) is 13.4. The van der Waals surface area contributed by atoms with E-state index in [0.29, 0.717) is 23.6 Å². The number of benzene rings is 1. The number of rotatable bonds is 5. The number of hydrogen-bond acceptors (Lipinski definition) is 2. The first-order valence-corrected chi connectivity index (χ1v) is 5.63. The van der Waals surface area contributed by atoms with Crippen LogP contribution >= 0.6 is 11.6 Å². The predicted octanol–water partition coefficient (Wildman–Crippen LogP) is 2.73. The van der Waals surface area contributed by atoms with Crippen LogP contribution in [0.4, 0.5) is 4.39 Å². The lowest BCUT2D eigenvalue weighted by atomic mass is 10.0. The van der Waals surface area contributed by atoms with E-state index in [9.17, 15) is 4.39 Å². The topological polar surface area (TPSA) is 32.3 Å². The number of aliphatic hydroxyl groups excluding tert-OH is 1. The maximum atomic E-state index is 13.4. The van der Waals surface area contributed by atoms with E-state index in [2.05, 4.69) is 5.32 Å². The van der Waals surface area contributed by atoms with Crippen LogP contribution in [0.15, 0.2) is 18.2 Å². The average Bonchev–Trinajstić information content (AvgIpc) is 2.16. The molecule has 0 unspecified atom stereocenters. The lowest BCUT2D eigenvalue weighted by Gasteiger charge is -2.25. The molecule has 0 aromatic heterocycles. The molecule has 0 aliphatic rings. The predicted molar refractivity (Wildman–Crippen MR) is 64.0 cm³/mol. The van der Waals surface area contributed by atoms with Gasteiger partial charge in [-0.15, -0.1) is 0 Å². The molecule has 0 saturated carbocycles. The highest BCUT2D eigenvalue weighted by Gasteiger charge is 2.17. The first-order chi connectivity index (χ1) is 7.46. The quantitative estimate of drug-likeness (QED) is 0.836. The van der Waals surface area contributed by atoms with Gasteiger partial charge in [0.05, 0.1) is 0 Å². The molecule has 2 nitrogen and oxygen atoms in total. The van der Waals surface area contributed by atoms with Gasteiger partial charge >= 0.3 is 0 Å². The summed E-state index contributed by atoms with van der Waals surface area (Å²) in [6, 6.07) is 4.64. The average molecular weight is 246 g/mol. The lowest BCUT2D eigenvalue weighted by molar-refractivity contribution is 0.229. The van der Waals surface area contributed by atoms with Gasteiger partial charge in [-0.05, 0) is 32.4 Å². The van der Waals surface area contributed by atoms with Crippen molar-refractivity contribution >= 4 is 11.6 Å². The van der Waals surface area contributed by atoms with E-state index in [0.717, 1.165) is 0 Å². The molecule has 16 heavy (non-hydrogen) atoms. The number of aliphatic hydroxyl groups is 1. The van der Waals surface area contributed by atoms with E-state index in [1.807, 2.05) is 13.8 Å². The van der Waals surface area contributed by atoms with Crippen molar-refractivity contribution < 1.29 is 9.50 Å². The zero-order valence-corrected chi connectivity index (χ0v) is 10.3. The Morgan fingerprint density at radius 2 is 2.12 bits per heavy atom. The Hall–Kier alpha value is -0.640. The van der Waals surface area contributed by atoms with Crippen LogP contribution in [0, 0.1) is 5.82 Å². The molecule has 0 fully saturated rings. The van der Waals surface area contributed by atoms with Crippen molar-refractivity contribution in [2.45, 2.75) is 32.4 Å². The van der Waals surface area contributed by atoms with Crippen LogP contribution in [0.5, 0.6) is 0 Å². The monoisotopic (exact) mass is 245 g/mol. The first-order valence-electron chi connectivity index (χ1n) is 5.25. The van der Waals surface area contributed by atoms with Crippen LogP contribution in [-0.4, -0.2) is 17.3 Å². The van der Waals surface area contributed by atoms with Crippen molar-refractivity contribution in [2.75, 3.05) is 6.61 Å². The fourth-order valence-electron chi connectivity index (χ4n) is 1.40. The van der Waals surface area contributed by atoms with Crippen molar-refractivity contribution in [1.29, 1.82) is 0 Å². The van der Waals surface area contributed by atoms with Crippen LogP contribution in [0.3, 0.4) is 0 Å². The summed E-state index contributed by atoms with van der Waals surface area (Å²) in [7, 11) is 0. The summed E-state index contributed by atoms with van der Waals surface area (Å²) < 4.78 is 13.4. The summed E-state index contributed by atoms with van der Waals surface area (Å²) >= 11 is 5.91. The third-order valence-corrected chi connectivity index (χ3v) is 2.90. The fraction of sp³-hybridized carbons (Fsp3) is 0.500. The molecular weight excluding hydrogens is 229 g/mol. The van der Waals surface area contributed by atoms with Crippen molar-refractivity contribution in [3.8, 4) is 0 Å². The minimum atomic E-state index is -0.306. The summed E-state index contributed by atoms with van der Waals surface area (Å²) in [6.45, 7) is 4.37. The van der Waals surface area contributed by atoms with Crippen molar-refractivity contribution in [2.24, 2.45) is 0 Å². The highest BCUT2D eigenvalue weighted by Crippen LogP contribution is 2.20. The molecule has 0 heterocycles. The van der Waals surface area contributed by atoms with E-state index in [1.54, 1.807) is 12.1 Å². The molecule has 1 rings (SSSR count). The van der Waals surface area contributed by atoms with Gasteiger partial charge in [-0.25, -0.2) is 4.39 Å². The van der Waals surface area contributed by atoms with Crippen molar-refractivity contribution in [3.63, 3.8) is 0 Å². The third kappa shape index (κ3) is 3.74. The zero-order valence-electron chi connectivity index (χ0n) is 9.56. The Morgan fingerprint density at radius 1 is 1.44 bits per heavy atom. The van der Waals surface area contributed by atoms with Crippen molar-refractivity contribution in [1.82, 2.24) is 5.32 Å². The van der Waals surface area contributed by atoms with Crippen molar-refractivity contribution in [3.05, 3.63) is 34.6 Å². The molecule has 0 aliphatic carbocycles. The highest BCUT2D eigenvalue weighted by molar-refractivity contribution is 6.31. The molecule has 4 heteroatoms. The molecule has 0 saturated heterocycles. The number of halogens is 2. The summed E-state index contributed by atoms with van der Waals surface area (Å²) in [4.78, 5) is 0. The second kappa shape index (κ2) is 5.62. The maximum Gasteiger partial charge on any atom is 0.129 e. The standard InChI is InChI=1S/C12H17ClFNO/c1-12(2,6-7-16)15-8-9-10(13)4-3-5-11(9)14/h3-5,15-16H,6-8H2,1-2H3. The van der Waals surface area contributed by atoms with Gasteiger partial charge in [-0.2, -0.15) is 0 Å². The SMILES string of the molecule is CC(C)(CCO)NCc1c(F)cccc1Cl. The number of hydrogen-bond donors (Lipinski definition) is 2. The van der Waals surface area contributed by atoms with Crippen LogP contribution in [0.25, 0.3) is 0 Å². The largest absolute Gasteiger partial charge is 0.396 e. The fourth-order valence-corrected chi connectivity index (χ4v) is 1.63.